The standard InChI is InChI=1S/C17H27N3O/c1-15(17(21)18(2)3)20-13-11-19(12-14-20)10-9-16-7-5-4-6-8-16/h4-8,15H,9-14H2,1-3H3. The molecule has 0 aromatic heterocycles. The Morgan fingerprint density at radius 1 is 1.14 bits per heavy atom. The van der Waals surface area contributed by atoms with Gasteiger partial charge in [0, 0.05) is 46.8 Å². The highest BCUT2D eigenvalue weighted by Gasteiger charge is 2.26. The van der Waals surface area contributed by atoms with Crippen LogP contribution in [-0.4, -0.2) is 73.5 Å². The van der Waals surface area contributed by atoms with Crippen LogP contribution in [0.15, 0.2) is 30.3 Å². The molecule has 0 aliphatic carbocycles. The molecule has 1 aliphatic heterocycles. The summed E-state index contributed by atoms with van der Waals surface area (Å²) in [5.41, 5.74) is 1.40. The van der Waals surface area contributed by atoms with Crippen molar-refractivity contribution in [3.05, 3.63) is 35.9 Å². The second kappa shape index (κ2) is 7.57. The van der Waals surface area contributed by atoms with Gasteiger partial charge < -0.3 is 9.80 Å². The summed E-state index contributed by atoms with van der Waals surface area (Å²) in [5.74, 6) is 0.202. The molecule has 1 aliphatic rings. The van der Waals surface area contributed by atoms with Gasteiger partial charge >= 0.3 is 0 Å². The second-order valence-electron chi connectivity index (χ2n) is 6.02. The van der Waals surface area contributed by atoms with Crippen LogP contribution in [0.25, 0.3) is 0 Å². The first-order valence-electron chi connectivity index (χ1n) is 7.79. The average Bonchev–Trinajstić information content (AvgIpc) is 2.53. The highest BCUT2D eigenvalue weighted by molar-refractivity contribution is 5.80. The topological polar surface area (TPSA) is 26.8 Å². The second-order valence-corrected chi connectivity index (χ2v) is 6.02. The van der Waals surface area contributed by atoms with Gasteiger partial charge in [0.1, 0.15) is 0 Å². The molecular weight excluding hydrogens is 262 g/mol. The highest BCUT2D eigenvalue weighted by atomic mass is 16.2. The molecule has 1 aromatic rings. The maximum absolute atomic E-state index is 12.0. The van der Waals surface area contributed by atoms with E-state index in [1.165, 1.54) is 5.56 Å². The van der Waals surface area contributed by atoms with Crippen molar-refractivity contribution in [3.63, 3.8) is 0 Å². The molecular formula is C17H27N3O. The third kappa shape index (κ3) is 4.55. The van der Waals surface area contributed by atoms with Crippen molar-refractivity contribution in [1.82, 2.24) is 14.7 Å². The van der Waals surface area contributed by atoms with Crippen molar-refractivity contribution in [3.8, 4) is 0 Å². The van der Waals surface area contributed by atoms with Gasteiger partial charge in [-0.3, -0.25) is 9.69 Å². The Morgan fingerprint density at radius 3 is 2.33 bits per heavy atom. The minimum atomic E-state index is -0.00345. The van der Waals surface area contributed by atoms with E-state index >= 15 is 0 Å². The molecule has 1 heterocycles. The Morgan fingerprint density at radius 2 is 1.76 bits per heavy atom. The molecule has 0 spiro atoms. The number of hydrogen-bond acceptors (Lipinski definition) is 3. The summed E-state index contributed by atoms with van der Waals surface area (Å²) in [7, 11) is 3.66. The van der Waals surface area contributed by atoms with Gasteiger partial charge in [-0.2, -0.15) is 0 Å². The van der Waals surface area contributed by atoms with Gasteiger partial charge in [0.05, 0.1) is 6.04 Å². The fourth-order valence-corrected chi connectivity index (χ4v) is 2.84. The lowest BCUT2D eigenvalue weighted by molar-refractivity contribution is -0.134. The average molecular weight is 289 g/mol. The first kappa shape index (κ1) is 16.0. The SMILES string of the molecule is CC(C(=O)N(C)C)N1CCN(CCc2ccccc2)CC1. The van der Waals surface area contributed by atoms with Gasteiger partial charge in [-0.25, -0.2) is 0 Å². The molecule has 4 heteroatoms. The lowest BCUT2D eigenvalue weighted by Crippen LogP contribution is -2.53. The predicted octanol–water partition coefficient (Wildman–Crippen LogP) is 1.32. The van der Waals surface area contributed by atoms with Crippen molar-refractivity contribution in [2.45, 2.75) is 19.4 Å². The van der Waals surface area contributed by atoms with Crippen LogP contribution in [0.1, 0.15) is 12.5 Å². The van der Waals surface area contributed by atoms with E-state index in [1.807, 2.05) is 21.0 Å². The monoisotopic (exact) mass is 289 g/mol. The maximum Gasteiger partial charge on any atom is 0.239 e. The van der Waals surface area contributed by atoms with Gasteiger partial charge in [-0.1, -0.05) is 30.3 Å². The van der Waals surface area contributed by atoms with Crippen LogP contribution in [0, 0.1) is 0 Å². The van der Waals surface area contributed by atoms with Crippen LogP contribution in [0.4, 0.5) is 0 Å². The number of amides is 1. The lowest BCUT2D eigenvalue weighted by atomic mass is 10.1. The number of nitrogens with zero attached hydrogens (tertiary/aromatic N) is 3. The van der Waals surface area contributed by atoms with E-state index in [1.54, 1.807) is 4.90 Å². The molecule has 1 fully saturated rings. The highest BCUT2D eigenvalue weighted by Crippen LogP contribution is 2.09. The Kier molecular flexibility index (Phi) is 5.76. The van der Waals surface area contributed by atoms with Gasteiger partial charge in [0.15, 0.2) is 0 Å². The first-order valence-corrected chi connectivity index (χ1v) is 7.79. The Bertz CT molecular complexity index is 439. The molecule has 0 N–H and O–H groups in total. The van der Waals surface area contributed by atoms with E-state index < -0.39 is 0 Å². The molecule has 1 aromatic carbocycles. The van der Waals surface area contributed by atoms with Gasteiger partial charge in [0.25, 0.3) is 0 Å². The molecule has 2 rings (SSSR count). The van der Waals surface area contributed by atoms with Crippen molar-refractivity contribution in [2.24, 2.45) is 0 Å². The summed E-state index contributed by atoms with van der Waals surface area (Å²) in [5, 5.41) is 0. The molecule has 1 atom stereocenters. The molecule has 21 heavy (non-hydrogen) atoms. The summed E-state index contributed by atoms with van der Waals surface area (Å²) < 4.78 is 0. The fraction of sp³-hybridized carbons (Fsp3) is 0.588. The molecule has 1 amide bonds. The molecule has 0 bridgehead atoms. The Balaban J connectivity index is 1.74. The minimum Gasteiger partial charge on any atom is -0.347 e. The number of likely N-dealkylation sites (N-methyl/N-ethyl adjacent to an activating group) is 1. The molecule has 116 valence electrons. The van der Waals surface area contributed by atoms with E-state index in [0.29, 0.717) is 0 Å². The van der Waals surface area contributed by atoms with Crippen molar-refractivity contribution >= 4 is 5.91 Å². The third-order valence-corrected chi connectivity index (χ3v) is 4.31. The minimum absolute atomic E-state index is 0.00345. The third-order valence-electron chi connectivity index (χ3n) is 4.31. The Hall–Kier alpha value is -1.39. The molecule has 4 nitrogen and oxygen atoms in total. The molecule has 1 unspecified atom stereocenters. The van der Waals surface area contributed by atoms with E-state index in [4.69, 9.17) is 0 Å². The van der Waals surface area contributed by atoms with Crippen LogP contribution >= 0.6 is 0 Å². The summed E-state index contributed by atoms with van der Waals surface area (Å²) >= 11 is 0. The summed E-state index contributed by atoms with van der Waals surface area (Å²) in [4.78, 5) is 18.5. The largest absolute Gasteiger partial charge is 0.347 e. The van der Waals surface area contributed by atoms with Crippen LogP contribution in [0.2, 0.25) is 0 Å². The summed E-state index contributed by atoms with van der Waals surface area (Å²) in [6.45, 7) is 7.19. The number of carbonyl (C=O) groups excluding carboxylic acids is 1. The number of piperazine rings is 1. The van der Waals surface area contributed by atoms with Crippen molar-refractivity contribution in [2.75, 3.05) is 46.8 Å². The van der Waals surface area contributed by atoms with Crippen LogP contribution in [0.3, 0.4) is 0 Å². The van der Waals surface area contributed by atoms with Gasteiger partial charge in [0.2, 0.25) is 5.91 Å². The smallest absolute Gasteiger partial charge is 0.239 e. The number of rotatable bonds is 5. The van der Waals surface area contributed by atoms with Gasteiger partial charge in [-0.15, -0.1) is 0 Å². The lowest BCUT2D eigenvalue weighted by Gasteiger charge is -2.38. The van der Waals surface area contributed by atoms with E-state index in [0.717, 1.165) is 39.1 Å². The zero-order valence-electron chi connectivity index (χ0n) is 13.5. The van der Waals surface area contributed by atoms with E-state index in [2.05, 4.69) is 40.1 Å². The zero-order valence-corrected chi connectivity index (χ0v) is 13.5. The van der Waals surface area contributed by atoms with Gasteiger partial charge in [-0.05, 0) is 18.9 Å². The van der Waals surface area contributed by atoms with E-state index in [9.17, 15) is 4.79 Å². The predicted molar refractivity (Wildman–Crippen MR) is 86.3 cm³/mol. The Labute approximate surface area is 128 Å². The number of carbonyl (C=O) groups is 1. The van der Waals surface area contributed by atoms with Crippen molar-refractivity contribution in [1.29, 1.82) is 0 Å². The quantitative estimate of drug-likeness (QED) is 0.818. The zero-order chi connectivity index (χ0) is 15.2. The van der Waals surface area contributed by atoms with Crippen LogP contribution in [-0.2, 0) is 11.2 Å². The molecule has 0 saturated carbocycles. The summed E-state index contributed by atoms with van der Waals surface area (Å²) in [6, 6.07) is 10.6. The maximum atomic E-state index is 12.0. The first-order chi connectivity index (χ1) is 10.1. The number of benzene rings is 1. The molecule has 1 saturated heterocycles. The number of hydrogen-bond donors (Lipinski definition) is 0. The fourth-order valence-electron chi connectivity index (χ4n) is 2.84. The normalized spacial score (nSPS) is 18.4. The van der Waals surface area contributed by atoms with Crippen molar-refractivity contribution < 1.29 is 4.79 Å². The van der Waals surface area contributed by atoms with Crippen LogP contribution in [0.5, 0.6) is 0 Å². The summed E-state index contributed by atoms with van der Waals surface area (Å²) in [6.07, 6.45) is 1.10. The molecule has 0 radical (unpaired) electrons. The van der Waals surface area contributed by atoms with Crippen LogP contribution < -0.4 is 0 Å². The van der Waals surface area contributed by atoms with E-state index in [-0.39, 0.29) is 11.9 Å².